The standard InChI is InChI=1S/C26H27N3O5/c1-26(2)28-14-20-18(17-5-3-4-6-19(17)27-20)13-22(28)23(30)29(26)21(25(33)34)12-9-15-7-10-16(11-8-15)24(31)32/h3-8,10-11,21-22,27H,9,12-14H2,1-2H3,(H,31,32)(H,33,34)/t21-,22-/m0/s1. The molecule has 176 valence electrons. The van der Waals surface area contributed by atoms with Gasteiger partial charge in [-0.1, -0.05) is 30.3 Å². The Morgan fingerprint density at radius 1 is 1.12 bits per heavy atom. The van der Waals surface area contributed by atoms with E-state index < -0.39 is 29.7 Å². The van der Waals surface area contributed by atoms with E-state index >= 15 is 0 Å². The number of aliphatic carboxylic acids is 1. The number of hydrogen-bond donors (Lipinski definition) is 3. The number of aryl methyl sites for hydroxylation is 1. The number of amides is 1. The average Bonchev–Trinajstić information content (AvgIpc) is 3.26. The van der Waals surface area contributed by atoms with E-state index in [1.54, 1.807) is 17.0 Å². The number of nitrogens with one attached hydrogen (secondary N) is 1. The Bertz CT molecular complexity index is 1290. The molecule has 5 rings (SSSR count). The summed E-state index contributed by atoms with van der Waals surface area (Å²) in [5, 5.41) is 20.3. The van der Waals surface area contributed by atoms with Crippen LogP contribution in [-0.4, -0.2) is 60.6 Å². The van der Waals surface area contributed by atoms with Gasteiger partial charge in [-0.3, -0.25) is 9.69 Å². The number of aromatic amines is 1. The minimum Gasteiger partial charge on any atom is -0.480 e. The maximum Gasteiger partial charge on any atom is 0.335 e. The lowest BCUT2D eigenvalue weighted by Crippen LogP contribution is -2.56. The van der Waals surface area contributed by atoms with Crippen LogP contribution in [0.5, 0.6) is 0 Å². The molecule has 0 radical (unpaired) electrons. The van der Waals surface area contributed by atoms with Crippen molar-refractivity contribution in [2.24, 2.45) is 0 Å². The van der Waals surface area contributed by atoms with E-state index in [0.29, 0.717) is 19.4 Å². The minimum atomic E-state index is -1.03. The summed E-state index contributed by atoms with van der Waals surface area (Å²) in [6.45, 7) is 4.37. The van der Waals surface area contributed by atoms with Crippen LogP contribution >= 0.6 is 0 Å². The molecule has 1 aromatic heterocycles. The van der Waals surface area contributed by atoms with Crippen molar-refractivity contribution in [1.29, 1.82) is 0 Å². The van der Waals surface area contributed by atoms with Crippen molar-refractivity contribution in [2.45, 2.75) is 57.4 Å². The summed E-state index contributed by atoms with van der Waals surface area (Å²) in [5.74, 6) is -2.20. The zero-order valence-electron chi connectivity index (χ0n) is 19.1. The largest absolute Gasteiger partial charge is 0.480 e. The van der Waals surface area contributed by atoms with Gasteiger partial charge in [0.2, 0.25) is 5.91 Å². The number of aromatic nitrogens is 1. The molecule has 8 nitrogen and oxygen atoms in total. The number of nitrogens with zero attached hydrogens (tertiary/aromatic N) is 2. The predicted molar refractivity (Wildman–Crippen MR) is 125 cm³/mol. The van der Waals surface area contributed by atoms with Gasteiger partial charge in [0.05, 0.1) is 17.3 Å². The number of rotatable bonds is 6. The molecular formula is C26H27N3O5. The summed E-state index contributed by atoms with van der Waals surface area (Å²) in [6.07, 6.45) is 1.21. The Balaban J connectivity index is 1.40. The first kappa shape index (κ1) is 22.2. The first-order valence-corrected chi connectivity index (χ1v) is 11.4. The summed E-state index contributed by atoms with van der Waals surface area (Å²) >= 11 is 0. The number of H-pyrrole nitrogens is 1. The van der Waals surface area contributed by atoms with E-state index in [1.807, 2.05) is 32.0 Å². The molecular weight excluding hydrogens is 434 g/mol. The number of aromatic carboxylic acids is 1. The molecule has 3 aromatic rings. The van der Waals surface area contributed by atoms with E-state index in [2.05, 4.69) is 16.0 Å². The third kappa shape index (κ3) is 3.45. The van der Waals surface area contributed by atoms with E-state index in [0.717, 1.165) is 27.7 Å². The number of para-hydroxylation sites is 1. The number of fused-ring (bicyclic) bond motifs is 4. The van der Waals surface area contributed by atoms with Crippen molar-refractivity contribution in [1.82, 2.24) is 14.8 Å². The van der Waals surface area contributed by atoms with Crippen LogP contribution in [-0.2, 0) is 29.0 Å². The monoisotopic (exact) mass is 461 g/mol. The van der Waals surface area contributed by atoms with Crippen LogP contribution in [0.3, 0.4) is 0 Å². The van der Waals surface area contributed by atoms with Gasteiger partial charge in [0.1, 0.15) is 6.04 Å². The first-order valence-electron chi connectivity index (χ1n) is 11.4. The van der Waals surface area contributed by atoms with Crippen LogP contribution in [0.1, 0.15) is 47.4 Å². The molecule has 2 aliphatic rings. The lowest BCUT2D eigenvalue weighted by atomic mass is 9.96. The van der Waals surface area contributed by atoms with Gasteiger partial charge < -0.3 is 20.1 Å². The second-order valence-corrected chi connectivity index (χ2v) is 9.57. The molecule has 34 heavy (non-hydrogen) atoms. The maximum atomic E-state index is 13.6. The fourth-order valence-corrected chi connectivity index (χ4v) is 5.59. The Hall–Kier alpha value is -3.65. The normalized spacial score (nSPS) is 20.2. The minimum absolute atomic E-state index is 0.158. The first-order chi connectivity index (χ1) is 16.2. The van der Waals surface area contributed by atoms with Gasteiger partial charge in [-0.2, -0.15) is 0 Å². The van der Waals surface area contributed by atoms with Crippen molar-refractivity contribution < 1.29 is 24.6 Å². The topological polar surface area (TPSA) is 114 Å². The third-order valence-corrected chi connectivity index (χ3v) is 7.32. The number of carbonyl (C=O) groups is 3. The maximum absolute atomic E-state index is 13.6. The Morgan fingerprint density at radius 3 is 2.50 bits per heavy atom. The second kappa shape index (κ2) is 7.99. The molecule has 1 saturated heterocycles. The molecule has 8 heteroatoms. The SMILES string of the molecule is CC1(C)N2Cc3[nH]c4ccccc4c3C[C@H]2C(=O)N1[C@@H](CCc1ccc(C(=O)O)cc1)C(=O)O. The smallest absolute Gasteiger partial charge is 0.335 e. The van der Waals surface area contributed by atoms with Gasteiger partial charge in [0, 0.05) is 23.1 Å². The Kier molecular flexibility index (Phi) is 5.20. The van der Waals surface area contributed by atoms with Gasteiger partial charge >= 0.3 is 11.9 Å². The molecule has 0 saturated carbocycles. The van der Waals surface area contributed by atoms with E-state index in [1.165, 1.54) is 12.1 Å². The van der Waals surface area contributed by atoms with Crippen molar-refractivity contribution in [3.63, 3.8) is 0 Å². The average molecular weight is 462 g/mol. The van der Waals surface area contributed by atoms with Gasteiger partial charge in [-0.05, 0) is 62.4 Å². The van der Waals surface area contributed by atoms with Crippen molar-refractivity contribution in [3.8, 4) is 0 Å². The zero-order valence-corrected chi connectivity index (χ0v) is 19.1. The Morgan fingerprint density at radius 2 is 1.82 bits per heavy atom. The van der Waals surface area contributed by atoms with Crippen LogP contribution in [0.4, 0.5) is 0 Å². The van der Waals surface area contributed by atoms with Crippen LogP contribution in [0.2, 0.25) is 0 Å². The number of benzene rings is 2. The van der Waals surface area contributed by atoms with Gasteiger partial charge in [0.15, 0.2) is 0 Å². The number of carbonyl (C=O) groups excluding carboxylic acids is 1. The van der Waals surface area contributed by atoms with Crippen LogP contribution < -0.4 is 0 Å². The fourth-order valence-electron chi connectivity index (χ4n) is 5.59. The second-order valence-electron chi connectivity index (χ2n) is 9.57. The highest BCUT2D eigenvalue weighted by atomic mass is 16.4. The highest BCUT2D eigenvalue weighted by Crippen LogP contribution is 2.42. The van der Waals surface area contributed by atoms with Crippen LogP contribution in [0.15, 0.2) is 48.5 Å². The van der Waals surface area contributed by atoms with Crippen LogP contribution in [0.25, 0.3) is 10.9 Å². The molecule has 0 bridgehead atoms. The summed E-state index contributed by atoms with van der Waals surface area (Å²) in [6, 6.07) is 13.1. The third-order valence-electron chi connectivity index (χ3n) is 7.32. The molecule has 0 aliphatic carbocycles. The molecule has 3 N–H and O–H groups in total. The molecule has 1 fully saturated rings. The quantitative estimate of drug-likeness (QED) is 0.519. The Labute approximate surface area is 196 Å². The number of hydrogen-bond acceptors (Lipinski definition) is 4. The summed E-state index contributed by atoms with van der Waals surface area (Å²) in [7, 11) is 0. The van der Waals surface area contributed by atoms with Crippen molar-refractivity contribution in [3.05, 3.63) is 70.9 Å². The lowest BCUT2D eigenvalue weighted by Gasteiger charge is -2.42. The zero-order chi connectivity index (χ0) is 24.2. The van der Waals surface area contributed by atoms with Crippen LogP contribution in [0, 0.1) is 0 Å². The highest BCUT2D eigenvalue weighted by molar-refractivity contribution is 5.92. The van der Waals surface area contributed by atoms with E-state index in [9.17, 15) is 19.5 Å². The van der Waals surface area contributed by atoms with Crippen molar-refractivity contribution >= 4 is 28.7 Å². The summed E-state index contributed by atoms with van der Waals surface area (Å²) in [5.41, 5.74) is 3.50. The van der Waals surface area contributed by atoms with Gasteiger partial charge in [-0.15, -0.1) is 0 Å². The van der Waals surface area contributed by atoms with Gasteiger partial charge in [0.25, 0.3) is 0 Å². The van der Waals surface area contributed by atoms with Gasteiger partial charge in [-0.25, -0.2) is 9.59 Å². The fraction of sp³-hybridized carbons (Fsp3) is 0.346. The number of carboxylic acids is 2. The predicted octanol–water partition coefficient (Wildman–Crippen LogP) is 3.26. The van der Waals surface area contributed by atoms with E-state index in [-0.39, 0.29) is 17.9 Å². The molecule has 2 aromatic carbocycles. The molecule has 2 aliphatic heterocycles. The van der Waals surface area contributed by atoms with E-state index in [4.69, 9.17) is 5.11 Å². The molecule has 3 heterocycles. The molecule has 0 spiro atoms. The summed E-state index contributed by atoms with van der Waals surface area (Å²) < 4.78 is 0. The van der Waals surface area contributed by atoms with Crippen molar-refractivity contribution in [2.75, 3.05) is 0 Å². The summed E-state index contributed by atoms with van der Waals surface area (Å²) in [4.78, 5) is 44.2. The molecule has 2 atom stereocenters. The molecule has 0 unspecified atom stereocenters. The molecule has 1 amide bonds. The highest BCUT2D eigenvalue weighted by Gasteiger charge is 2.56. The lowest BCUT2D eigenvalue weighted by molar-refractivity contribution is -0.153. The number of carboxylic acid groups (broad SMARTS) is 2.